The maximum atomic E-state index is 12.6. The number of sulfonamides is 1. The average molecular weight is 361 g/mol. The molecule has 6 nitrogen and oxygen atoms in total. The molecule has 3 rings (SSSR count). The van der Waals surface area contributed by atoms with Gasteiger partial charge in [0.2, 0.25) is 10.0 Å². The second-order valence-corrected chi connectivity index (χ2v) is 7.99. The maximum absolute atomic E-state index is 12.6. The van der Waals surface area contributed by atoms with E-state index in [1.165, 1.54) is 6.20 Å². The molecule has 2 heterocycles. The minimum absolute atomic E-state index is 0.251. The molecule has 0 atom stereocenters. The molecule has 7 heteroatoms. The van der Waals surface area contributed by atoms with Crippen molar-refractivity contribution in [3.05, 3.63) is 48.2 Å². The van der Waals surface area contributed by atoms with E-state index in [0.29, 0.717) is 25.5 Å². The highest BCUT2D eigenvalue weighted by Crippen LogP contribution is 2.21. The molecule has 0 radical (unpaired) electrons. The number of nitrogens with zero attached hydrogens (tertiary/aromatic N) is 2. The fraction of sp³-hybridized carbons (Fsp3) is 0.389. The van der Waals surface area contributed by atoms with E-state index in [-0.39, 0.29) is 4.90 Å². The van der Waals surface area contributed by atoms with E-state index < -0.39 is 10.0 Å². The zero-order valence-electron chi connectivity index (χ0n) is 14.3. The van der Waals surface area contributed by atoms with Crippen LogP contribution in [0.15, 0.2) is 47.5 Å². The molecular formula is C18H23N3O3S. The van der Waals surface area contributed by atoms with E-state index in [1.807, 2.05) is 24.3 Å². The molecule has 1 N–H and O–H groups in total. The summed E-state index contributed by atoms with van der Waals surface area (Å²) in [5.41, 5.74) is 1.06. The van der Waals surface area contributed by atoms with Crippen LogP contribution in [0.5, 0.6) is 5.75 Å². The highest BCUT2D eigenvalue weighted by atomic mass is 32.2. The Kier molecular flexibility index (Phi) is 5.55. The lowest BCUT2D eigenvalue weighted by atomic mass is 10.2. The first-order valence-corrected chi connectivity index (χ1v) is 9.86. The fourth-order valence-corrected chi connectivity index (χ4v) is 4.33. The van der Waals surface area contributed by atoms with Gasteiger partial charge in [0.05, 0.1) is 7.11 Å². The summed E-state index contributed by atoms with van der Waals surface area (Å²) in [6.07, 6.45) is 4.37. The standard InChI is InChI=1S/C18H23N3O3S/c1-24-16-7-5-6-15(12-16)13-19-18-9-8-17(14-20-18)25(22,23)21-10-3-2-4-11-21/h5-9,12,14H,2-4,10-11,13H2,1H3,(H,19,20). The Bertz CT molecular complexity index is 801. The second-order valence-electron chi connectivity index (χ2n) is 6.05. The van der Waals surface area contributed by atoms with Gasteiger partial charge in [0, 0.05) is 25.8 Å². The van der Waals surface area contributed by atoms with Crippen LogP contribution < -0.4 is 10.1 Å². The molecule has 1 saturated heterocycles. The van der Waals surface area contributed by atoms with Crippen LogP contribution in [-0.4, -0.2) is 37.9 Å². The summed E-state index contributed by atoms with van der Waals surface area (Å²) in [5.74, 6) is 1.44. The summed E-state index contributed by atoms with van der Waals surface area (Å²) in [7, 11) is -1.79. The van der Waals surface area contributed by atoms with E-state index in [0.717, 1.165) is 30.6 Å². The van der Waals surface area contributed by atoms with Crippen LogP contribution in [0, 0.1) is 0 Å². The third kappa shape index (κ3) is 4.29. The van der Waals surface area contributed by atoms with Gasteiger partial charge in [-0.1, -0.05) is 18.6 Å². The lowest BCUT2D eigenvalue weighted by molar-refractivity contribution is 0.346. The van der Waals surface area contributed by atoms with Gasteiger partial charge in [-0.25, -0.2) is 13.4 Å². The predicted molar refractivity (Wildman–Crippen MR) is 97.2 cm³/mol. The Hall–Kier alpha value is -2.12. The summed E-state index contributed by atoms with van der Waals surface area (Å²) < 4.78 is 32.0. The zero-order valence-corrected chi connectivity index (χ0v) is 15.1. The molecule has 0 unspecified atom stereocenters. The lowest BCUT2D eigenvalue weighted by Gasteiger charge is -2.25. The second kappa shape index (κ2) is 7.84. The molecule has 0 saturated carbocycles. The molecule has 0 amide bonds. The van der Waals surface area contributed by atoms with E-state index >= 15 is 0 Å². The van der Waals surface area contributed by atoms with Gasteiger partial charge in [0.15, 0.2) is 0 Å². The largest absolute Gasteiger partial charge is 0.497 e. The highest BCUT2D eigenvalue weighted by Gasteiger charge is 2.26. The number of ether oxygens (including phenoxy) is 1. The molecule has 1 aliphatic rings. The van der Waals surface area contributed by atoms with Gasteiger partial charge < -0.3 is 10.1 Å². The Morgan fingerprint density at radius 2 is 1.96 bits per heavy atom. The summed E-state index contributed by atoms with van der Waals surface area (Å²) in [6.45, 7) is 1.78. The molecule has 1 aromatic heterocycles. The minimum atomic E-state index is -3.43. The van der Waals surface area contributed by atoms with E-state index in [9.17, 15) is 8.42 Å². The monoisotopic (exact) mass is 361 g/mol. The van der Waals surface area contributed by atoms with Crippen LogP contribution in [-0.2, 0) is 16.6 Å². The quantitative estimate of drug-likeness (QED) is 0.857. The van der Waals surface area contributed by atoms with Crippen molar-refractivity contribution < 1.29 is 13.2 Å². The molecule has 0 aliphatic carbocycles. The minimum Gasteiger partial charge on any atom is -0.497 e. The molecular weight excluding hydrogens is 338 g/mol. The third-order valence-electron chi connectivity index (χ3n) is 4.30. The predicted octanol–water partition coefficient (Wildman–Crippen LogP) is 2.88. The van der Waals surface area contributed by atoms with Gasteiger partial charge in [0.1, 0.15) is 16.5 Å². The molecule has 25 heavy (non-hydrogen) atoms. The summed E-state index contributed by atoms with van der Waals surface area (Å²) in [6, 6.07) is 11.1. The lowest BCUT2D eigenvalue weighted by Crippen LogP contribution is -2.35. The Morgan fingerprint density at radius 1 is 1.16 bits per heavy atom. The zero-order chi connectivity index (χ0) is 17.7. The fourth-order valence-electron chi connectivity index (χ4n) is 2.87. The van der Waals surface area contributed by atoms with Gasteiger partial charge in [-0.15, -0.1) is 0 Å². The highest BCUT2D eigenvalue weighted by molar-refractivity contribution is 7.89. The number of benzene rings is 1. The van der Waals surface area contributed by atoms with Crippen molar-refractivity contribution in [2.45, 2.75) is 30.7 Å². The number of piperidine rings is 1. The normalized spacial score (nSPS) is 15.7. The van der Waals surface area contributed by atoms with Crippen molar-refractivity contribution in [1.82, 2.24) is 9.29 Å². The average Bonchev–Trinajstić information content (AvgIpc) is 2.67. The number of hydrogen-bond acceptors (Lipinski definition) is 5. The van der Waals surface area contributed by atoms with Gasteiger partial charge in [-0.3, -0.25) is 0 Å². The van der Waals surface area contributed by atoms with Gasteiger partial charge in [-0.2, -0.15) is 4.31 Å². The van der Waals surface area contributed by atoms with Crippen LogP contribution in [0.3, 0.4) is 0 Å². The van der Waals surface area contributed by atoms with Gasteiger partial charge in [-0.05, 0) is 42.7 Å². The number of pyridine rings is 1. The van der Waals surface area contributed by atoms with Crippen molar-refractivity contribution in [3.63, 3.8) is 0 Å². The van der Waals surface area contributed by atoms with Gasteiger partial charge in [0.25, 0.3) is 0 Å². The van der Waals surface area contributed by atoms with Crippen LogP contribution in [0.25, 0.3) is 0 Å². The number of rotatable bonds is 6. The number of hydrogen-bond donors (Lipinski definition) is 1. The van der Waals surface area contributed by atoms with Crippen LogP contribution >= 0.6 is 0 Å². The van der Waals surface area contributed by atoms with Crippen molar-refractivity contribution in [2.24, 2.45) is 0 Å². The van der Waals surface area contributed by atoms with Crippen LogP contribution in [0.4, 0.5) is 5.82 Å². The topological polar surface area (TPSA) is 71.5 Å². The van der Waals surface area contributed by atoms with Crippen LogP contribution in [0.2, 0.25) is 0 Å². The van der Waals surface area contributed by atoms with E-state index in [1.54, 1.807) is 23.5 Å². The molecule has 1 aromatic carbocycles. The number of nitrogens with one attached hydrogen (secondary N) is 1. The first-order chi connectivity index (χ1) is 12.1. The number of aromatic nitrogens is 1. The third-order valence-corrected chi connectivity index (χ3v) is 6.18. The van der Waals surface area contributed by atoms with E-state index in [2.05, 4.69) is 10.3 Å². The number of methoxy groups -OCH3 is 1. The first-order valence-electron chi connectivity index (χ1n) is 8.42. The Labute approximate surface area is 148 Å². The molecule has 1 aliphatic heterocycles. The summed E-state index contributed by atoms with van der Waals surface area (Å²) in [5, 5.41) is 3.20. The smallest absolute Gasteiger partial charge is 0.244 e. The van der Waals surface area contributed by atoms with E-state index in [4.69, 9.17) is 4.74 Å². The van der Waals surface area contributed by atoms with Crippen molar-refractivity contribution in [2.75, 3.05) is 25.5 Å². The SMILES string of the molecule is COc1cccc(CNc2ccc(S(=O)(=O)N3CCCCC3)cn2)c1. The molecule has 1 fully saturated rings. The number of anilines is 1. The van der Waals surface area contributed by atoms with Crippen LogP contribution in [0.1, 0.15) is 24.8 Å². The Balaban J connectivity index is 1.65. The molecule has 2 aromatic rings. The molecule has 0 spiro atoms. The Morgan fingerprint density at radius 3 is 2.64 bits per heavy atom. The van der Waals surface area contributed by atoms with Crippen molar-refractivity contribution >= 4 is 15.8 Å². The van der Waals surface area contributed by atoms with Crippen molar-refractivity contribution in [1.29, 1.82) is 0 Å². The molecule has 134 valence electrons. The summed E-state index contributed by atoms with van der Waals surface area (Å²) >= 11 is 0. The first kappa shape index (κ1) is 17.7. The maximum Gasteiger partial charge on any atom is 0.244 e. The summed E-state index contributed by atoms with van der Waals surface area (Å²) in [4.78, 5) is 4.50. The van der Waals surface area contributed by atoms with Crippen molar-refractivity contribution in [3.8, 4) is 5.75 Å². The molecule has 0 bridgehead atoms. The van der Waals surface area contributed by atoms with Gasteiger partial charge >= 0.3 is 0 Å².